The van der Waals surface area contributed by atoms with Crippen LogP contribution in [0.2, 0.25) is 13.1 Å². The normalized spacial score (nSPS) is 13.4. The predicted molar refractivity (Wildman–Crippen MR) is 128 cm³/mol. The molecule has 4 rings (SSSR count). The average molecular weight is 399 g/mol. The minimum atomic E-state index is -2.00. The average Bonchev–Trinajstić information content (AvgIpc) is 3.16. The molecule has 2 heteroatoms. The standard InChI is InChI=1S/C27H30OSi/c1-27(2,3)23-17-11-19-25(26(23)28-21-14-7-6-8-15-21)29(4,5)24-18-10-13-20-12-9-16-22(20)24/h6-11,13-19H,12H2,1-5H3. The first-order chi connectivity index (χ1) is 13.8. The fraction of sp³-hybridized carbons (Fsp3) is 0.259. The second-order valence-electron chi connectivity index (χ2n) is 9.46. The highest BCUT2D eigenvalue weighted by atomic mass is 28.3. The molecule has 29 heavy (non-hydrogen) atoms. The van der Waals surface area contributed by atoms with Gasteiger partial charge in [-0.3, -0.25) is 0 Å². The van der Waals surface area contributed by atoms with Crippen molar-refractivity contribution in [1.82, 2.24) is 0 Å². The van der Waals surface area contributed by atoms with Gasteiger partial charge >= 0.3 is 0 Å². The summed E-state index contributed by atoms with van der Waals surface area (Å²) in [5.41, 5.74) is 4.14. The molecule has 1 aliphatic rings. The molecule has 0 aliphatic heterocycles. The highest BCUT2D eigenvalue weighted by molar-refractivity contribution is 7.01. The Morgan fingerprint density at radius 3 is 2.21 bits per heavy atom. The third-order valence-corrected chi connectivity index (χ3v) is 9.47. The molecule has 0 aromatic heterocycles. The van der Waals surface area contributed by atoms with Crippen molar-refractivity contribution in [3.8, 4) is 11.5 Å². The summed E-state index contributed by atoms with van der Waals surface area (Å²) in [6.07, 6.45) is 5.64. The van der Waals surface area contributed by atoms with Crippen LogP contribution in [-0.4, -0.2) is 8.07 Å². The first-order valence-electron chi connectivity index (χ1n) is 10.4. The molecule has 0 N–H and O–H groups in total. The molecular formula is C27H30OSi. The van der Waals surface area contributed by atoms with E-state index >= 15 is 0 Å². The van der Waals surface area contributed by atoms with Crippen molar-refractivity contribution in [2.45, 2.75) is 45.7 Å². The number of benzene rings is 3. The Labute approximate surface area is 176 Å². The lowest BCUT2D eigenvalue weighted by molar-refractivity contribution is 0.459. The SMILES string of the molecule is CC(C)(C)c1cccc([Si](C)(C)c2cccc3c2C=CC3)c1Oc1ccccc1. The summed E-state index contributed by atoms with van der Waals surface area (Å²) < 4.78 is 6.61. The Morgan fingerprint density at radius 2 is 1.48 bits per heavy atom. The van der Waals surface area contributed by atoms with Crippen LogP contribution >= 0.6 is 0 Å². The maximum atomic E-state index is 6.61. The monoisotopic (exact) mass is 398 g/mol. The van der Waals surface area contributed by atoms with Gasteiger partial charge in [-0.15, -0.1) is 0 Å². The molecule has 0 saturated heterocycles. The van der Waals surface area contributed by atoms with Gasteiger partial charge in [-0.25, -0.2) is 0 Å². The number of fused-ring (bicyclic) bond motifs is 1. The van der Waals surface area contributed by atoms with Crippen LogP contribution in [-0.2, 0) is 11.8 Å². The van der Waals surface area contributed by atoms with Gasteiger partial charge in [-0.1, -0.05) is 101 Å². The summed E-state index contributed by atoms with van der Waals surface area (Å²) in [5.74, 6) is 1.94. The number of para-hydroxylation sites is 2. The van der Waals surface area contributed by atoms with Gasteiger partial charge in [0.15, 0.2) is 0 Å². The van der Waals surface area contributed by atoms with Gasteiger partial charge in [0.25, 0.3) is 0 Å². The summed E-state index contributed by atoms with van der Waals surface area (Å²) in [6.45, 7) is 11.7. The molecule has 1 nitrogen and oxygen atoms in total. The van der Waals surface area contributed by atoms with Crippen molar-refractivity contribution in [1.29, 1.82) is 0 Å². The third kappa shape index (κ3) is 3.69. The van der Waals surface area contributed by atoms with Gasteiger partial charge < -0.3 is 4.74 Å². The summed E-state index contributed by atoms with van der Waals surface area (Å²) in [4.78, 5) is 0. The number of rotatable bonds is 4. The van der Waals surface area contributed by atoms with Crippen molar-refractivity contribution in [3.05, 3.63) is 89.5 Å². The Hall–Kier alpha value is -2.58. The van der Waals surface area contributed by atoms with Crippen molar-refractivity contribution in [3.63, 3.8) is 0 Å². The van der Waals surface area contributed by atoms with Crippen LogP contribution in [0.1, 0.15) is 37.5 Å². The molecule has 0 fully saturated rings. The number of hydrogen-bond donors (Lipinski definition) is 0. The van der Waals surface area contributed by atoms with Crippen molar-refractivity contribution >= 4 is 24.5 Å². The van der Waals surface area contributed by atoms with Crippen LogP contribution in [0.25, 0.3) is 6.08 Å². The topological polar surface area (TPSA) is 9.23 Å². The summed E-state index contributed by atoms with van der Waals surface area (Å²) in [5, 5.41) is 2.86. The minimum Gasteiger partial charge on any atom is -0.457 e. The van der Waals surface area contributed by atoms with Crippen LogP contribution in [0.5, 0.6) is 11.5 Å². The van der Waals surface area contributed by atoms with E-state index in [-0.39, 0.29) is 5.41 Å². The molecule has 0 amide bonds. The van der Waals surface area contributed by atoms with Crippen LogP contribution in [0.15, 0.2) is 72.8 Å². The van der Waals surface area contributed by atoms with E-state index in [1.807, 2.05) is 30.3 Å². The first-order valence-corrected chi connectivity index (χ1v) is 13.4. The molecule has 0 radical (unpaired) electrons. The fourth-order valence-electron chi connectivity index (χ4n) is 4.32. The maximum Gasteiger partial charge on any atom is 0.130 e. The molecule has 1 aliphatic carbocycles. The van der Waals surface area contributed by atoms with E-state index in [0.717, 1.165) is 17.9 Å². The smallest absolute Gasteiger partial charge is 0.130 e. The van der Waals surface area contributed by atoms with E-state index < -0.39 is 8.07 Å². The van der Waals surface area contributed by atoms with Crippen LogP contribution in [0.3, 0.4) is 0 Å². The van der Waals surface area contributed by atoms with Crippen molar-refractivity contribution in [2.75, 3.05) is 0 Å². The highest BCUT2D eigenvalue weighted by Crippen LogP contribution is 2.34. The van der Waals surface area contributed by atoms with Gasteiger partial charge in [-0.05, 0) is 45.5 Å². The van der Waals surface area contributed by atoms with Gasteiger partial charge in [0.05, 0.1) is 0 Å². The quantitative estimate of drug-likeness (QED) is 0.478. The Bertz CT molecular complexity index is 1060. The Morgan fingerprint density at radius 1 is 0.793 bits per heavy atom. The molecule has 0 spiro atoms. The van der Waals surface area contributed by atoms with E-state index in [2.05, 4.69) is 82.4 Å². The van der Waals surface area contributed by atoms with E-state index in [0.29, 0.717) is 0 Å². The fourth-order valence-corrected chi connectivity index (χ4v) is 7.30. The molecule has 0 atom stereocenters. The lowest BCUT2D eigenvalue weighted by Crippen LogP contribution is -2.54. The zero-order valence-electron chi connectivity index (χ0n) is 18.1. The van der Waals surface area contributed by atoms with Crippen molar-refractivity contribution < 1.29 is 4.74 Å². The largest absolute Gasteiger partial charge is 0.457 e. The highest BCUT2D eigenvalue weighted by Gasteiger charge is 2.35. The molecule has 0 unspecified atom stereocenters. The molecular weight excluding hydrogens is 368 g/mol. The van der Waals surface area contributed by atoms with Gasteiger partial charge in [0.2, 0.25) is 0 Å². The summed E-state index contributed by atoms with van der Waals surface area (Å²) >= 11 is 0. The third-order valence-electron chi connectivity index (χ3n) is 5.95. The van der Waals surface area contributed by atoms with Crippen LogP contribution in [0.4, 0.5) is 0 Å². The second kappa shape index (κ2) is 7.35. The Kier molecular flexibility index (Phi) is 5.00. The number of hydrogen-bond acceptors (Lipinski definition) is 1. The summed E-state index contributed by atoms with van der Waals surface area (Å²) in [7, 11) is -2.00. The molecule has 0 heterocycles. The van der Waals surface area contributed by atoms with E-state index in [1.54, 1.807) is 0 Å². The van der Waals surface area contributed by atoms with Crippen molar-refractivity contribution in [2.24, 2.45) is 0 Å². The Balaban J connectivity index is 1.91. The summed E-state index contributed by atoms with van der Waals surface area (Å²) in [6, 6.07) is 23.7. The first kappa shape index (κ1) is 19.7. The van der Waals surface area contributed by atoms with Crippen LogP contribution in [0, 0.1) is 0 Å². The second-order valence-corrected chi connectivity index (χ2v) is 13.8. The zero-order valence-corrected chi connectivity index (χ0v) is 19.1. The van der Waals surface area contributed by atoms with Crippen LogP contribution < -0.4 is 15.1 Å². The lowest BCUT2D eigenvalue weighted by Gasteiger charge is -2.32. The van der Waals surface area contributed by atoms with Gasteiger partial charge in [0, 0.05) is 5.56 Å². The molecule has 0 saturated carbocycles. The number of ether oxygens (including phenoxy) is 1. The maximum absolute atomic E-state index is 6.61. The van der Waals surface area contributed by atoms with Gasteiger partial charge in [-0.2, -0.15) is 0 Å². The molecule has 148 valence electrons. The van der Waals surface area contributed by atoms with Gasteiger partial charge in [0.1, 0.15) is 19.6 Å². The molecule has 3 aromatic rings. The van der Waals surface area contributed by atoms with E-state index in [1.165, 1.54) is 27.1 Å². The lowest BCUT2D eigenvalue weighted by atomic mass is 9.86. The van der Waals surface area contributed by atoms with E-state index in [4.69, 9.17) is 4.74 Å². The molecule has 0 bridgehead atoms. The molecule has 3 aromatic carbocycles. The predicted octanol–water partition coefficient (Wildman–Crippen LogP) is 6.17. The van der Waals surface area contributed by atoms with E-state index in [9.17, 15) is 0 Å². The number of allylic oxidation sites excluding steroid dienone is 1. The minimum absolute atomic E-state index is 0.00312. The zero-order chi connectivity index (χ0) is 20.6.